The van der Waals surface area contributed by atoms with E-state index in [-0.39, 0.29) is 5.41 Å². The molecule has 0 saturated carbocycles. The Hall–Kier alpha value is -1.39. The van der Waals surface area contributed by atoms with Gasteiger partial charge in [0, 0.05) is 17.2 Å². The van der Waals surface area contributed by atoms with Crippen molar-refractivity contribution in [2.45, 2.75) is 33.1 Å². The Bertz CT molecular complexity index is 722. The quantitative estimate of drug-likeness (QED) is 0.595. The minimum Gasteiger partial charge on any atom is -0.432 e. The number of halogens is 1. The largest absolute Gasteiger partial charge is 0.432 e. The van der Waals surface area contributed by atoms with Crippen LogP contribution in [0, 0.1) is 6.92 Å². The Balaban J connectivity index is 2.20. The van der Waals surface area contributed by atoms with Gasteiger partial charge in [0.15, 0.2) is 0 Å². The highest BCUT2D eigenvalue weighted by atomic mass is 79.9. The maximum atomic E-state index is 5.90. The normalized spacial score (nSPS) is 11.2. The first kappa shape index (κ1) is 18.0. The lowest BCUT2D eigenvalue weighted by Gasteiger charge is -2.23. The monoisotopic (exact) mass is 391 g/mol. The Morgan fingerprint density at radius 2 is 1.83 bits per heavy atom. The summed E-state index contributed by atoms with van der Waals surface area (Å²) in [4.78, 5) is 1.88. The van der Waals surface area contributed by atoms with Crippen molar-refractivity contribution in [1.29, 1.82) is 0 Å². The summed E-state index contributed by atoms with van der Waals surface area (Å²) in [6.07, 6.45) is 0. The Morgan fingerprint density at radius 3 is 2.43 bits per heavy atom. The van der Waals surface area contributed by atoms with Crippen LogP contribution in [0.2, 0.25) is 0 Å². The molecule has 0 N–H and O–H groups in total. The number of ether oxygens (including phenoxy) is 1. The summed E-state index contributed by atoms with van der Waals surface area (Å²) in [6.45, 7) is 8.59. The van der Waals surface area contributed by atoms with Crippen LogP contribution in [0.3, 0.4) is 0 Å². The summed E-state index contributed by atoms with van der Waals surface area (Å²) in [6, 6.07) is 14.1. The van der Waals surface area contributed by atoms with E-state index in [4.69, 9.17) is 17.0 Å². The van der Waals surface area contributed by atoms with Gasteiger partial charge in [-0.25, -0.2) is 0 Å². The van der Waals surface area contributed by atoms with Crippen LogP contribution in [-0.2, 0) is 5.41 Å². The smallest absolute Gasteiger partial charge is 0.269 e. The highest BCUT2D eigenvalue weighted by Crippen LogP contribution is 2.33. The number of anilines is 1. The van der Waals surface area contributed by atoms with E-state index in [0.717, 1.165) is 15.9 Å². The molecular weight excluding hydrogens is 370 g/mol. The zero-order valence-corrected chi connectivity index (χ0v) is 16.6. The number of aryl methyl sites for hydroxylation is 1. The molecule has 0 atom stereocenters. The van der Waals surface area contributed by atoms with Crippen LogP contribution >= 0.6 is 28.1 Å². The molecule has 2 rings (SSSR count). The SMILES string of the molecule is Cc1cccc(N(C)C(=S)Oc2ccc(Br)c(C(C)(C)C)c2)c1. The van der Waals surface area contributed by atoms with Gasteiger partial charge in [-0.15, -0.1) is 0 Å². The molecule has 0 unspecified atom stereocenters. The fraction of sp³-hybridized carbons (Fsp3) is 0.316. The zero-order chi connectivity index (χ0) is 17.2. The van der Waals surface area contributed by atoms with Crippen molar-refractivity contribution in [1.82, 2.24) is 0 Å². The van der Waals surface area contributed by atoms with Gasteiger partial charge in [0.25, 0.3) is 5.17 Å². The standard InChI is InChI=1S/C19H22BrNOS/c1-13-7-6-8-14(11-13)21(5)18(23)22-15-9-10-17(20)16(12-15)19(2,3)4/h6-12H,1-5H3. The number of rotatable bonds is 2. The van der Waals surface area contributed by atoms with Crippen molar-refractivity contribution in [3.8, 4) is 5.75 Å². The van der Waals surface area contributed by atoms with Gasteiger partial charge in [0.2, 0.25) is 0 Å². The second-order valence-electron chi connectivity index (χ2n) is 6.66. The molecule has 0 aliphatic rings. The number of hydrogen-bond donors (Lipinski definition) is 0. The van der Waals surface area contributed by atoms with E-state index in [1.807, 2.05) is 42.3 Å². The summed E-state index contributed by atoms with van der Waals surface area (Å²) in [5.41, 5.74) is 3.43. The van der Waals surface area contributed by atoms with Crippen LogP contribution in [0.5, 0.6) is 5.75 Å². The van der Waals surface area contributed by atoms with Crippen molar-refractivity contribution >= 4 is 39.0 Å². The van der Waals surface area contributed by atoms with E-state index in [1.54, 1.807) is 0 Å². The fourth-order valence-corrected chi connectivity index (χ4v) is 3.30. The molecule has 0 bridgehead atoms. The van der Waals surface area contributed by atoms with E-state index >= 15 is 0 Å². The molecule has 2 aromatic rings. The molecule has 0 radical (unpaired) electrons. The van der Waals surface area contributed by atoms with E-state index in [9.17, 15) is 0 Å². The number of benzene rings is 2. The lowest BCUT2D eigenvalue weighted by Crippen LogP contribution is -2.29. The molecule has 2 nitrogen and oxygen atoms in total. The summed E-state index contributed by atoms with van der Waals surface area (Å²) in [5, 5.41) is 0.429. The highest BCUT2D eigenvalue weighted by molar-refractivity contribution is 9.10. The van der Waals surface area contributed by atoms with Crippen LogP contribution in [0.25, 0.3) is 0 Å². The van der Waals surface area contributed by atoms with Gasteiger partial charge in [-0.05, 0) is 66.0 Å². The second kappa shape index (κ2) is 7.02. The number of thiocarbonyl (C=S) groups is 1. The molecule has 23 heavy (non-hydrogen) atoms. The van der Waals surface area contributed by atoms with E-state index in [2.05, 4.69) is 55.8 Å². The van der Waals surface area contributed by atoms with E-state index < -0.39 is 0 Å². The molecule has 2 aromatic carbocycles. The Morgan fingerprint density at radius 1 is 1.13 bits per heavy atom. The van der Waals surface area contributed by atoms with Gasteiger partial charge in [-0.1, -0.05) is 48.8 Å². The highest BCUT2D eigenvalue weighted by Gasteiger charge is 2.18. The third kappa shape index (κ3) is 4.55. The molecule has 122 valence electrons. The van der Waals surface area contributed by atoms with Crippen LogP contribution in [0.15, 0.2) is 46.9 Å². The molecule has 0 spiro atoms. The first-order chi connectivity index (χ1) is 10.7. The molecule has 0 fully saturated rings. The first-order valence-corrected chi connectivity index (χ1v) is 8.71. The predicted molar refractivity (Wildman–Crippen MR) is 106 cm³/mol. The van der Waals surface area contributed by atoms with Crippen molar-refractivity contribution < 1.29 is 4.74 Å². The van der Waals surface area contributed by atoms with Gasteiger partial charge in [0.05, 0.1) is 0 Å². The van der Waals surface area contributed by atoms with Crippen LogP contribution < -0.4 is 9.64 Å². The van der Waals surface area contributed by atoms with Gasteiger partial charge < -0.3 is 9.64 Å². The molecule has 0 aliphatic heterocycles. The summed E-state index contributed by atoms with van der Waals surface area (Å²) in [5.74, 6) is 0.752. The number of nitrogens with zero attached hydrogens (tertiary/aromatic N) is 1. The second-order valence-corrected chi connectivity index (χ2v) is 7.86. The molecule has 0 aliphatic carbocycles. The van der Waals surface area contributed by atoms with Crippen molar-refractivity contribution in [2.75, 3.05) is 11.9 Å². The summed E-state index contributed by atoms with van der Waals surface area (Å²) in [7, 11) is 1.92. The van der Waals surface area contributed by atoms with Crippen LogP contribution in [0.4, 0.5) is 5.69 Å². The number of hydrogen-bond acceptors (Lipinski definition) is 2. The molecule has 0 aromatic heterocycles. The van der Waals surface area contributed by atoms with Gasteiger partial charge in [-0.3, -0.25) is 0 Å². The lowest BCUT2D eigenvalue weighted by molar-refractivity contribution is 0.540. The summed E-state index contributed by atoms with van der Waals surface area (Å²) < 4.78 is 6.98. The minimum absolute atomic E-state index is 0.0300. The average Bonchev–Trinajstić information content (AvgIpc) is 2.47. The maximum absolute atomic E-state index is 5.90. The molecule has 4 heteroatoms. The summed E-state index contributed by atoms with van der Waals surface area (Å²) >= 11 is 9.05. The van der Waals surface area contributed by atoms with Crippen molar-refractivity contribution in [3.63, 3.8) is 0 Å². The Kier molecular flexibility index (Phi) is 5.48. The van der Waals surface area contributed by atoms with E-state index in [0.29, 0.717) is 5.17 Å². The average molecular weight is 392 g/mol. The molecule has 0 saturated heterocycles. The van der Waals surface area contributed by atoms with Gasteiger partial charge in [0.1, 0.15) is 5.75 Å². The molecule has 0 heterocycles. The topological polar surface area (TPSA) is 12.5 Å². The molecular formula is C19H22BrNOS. The predicted octanol–water partition coefficient (Wildman–Crippen LogP) is 5.86. The minimum atomic E-state index is 0.0300. The first-order valence-electron chi connectivity index (χ1n) is 7.51. The maximum Gasteiger partial charge on any atom is 0.269 e. The van der Waals surface area contributed by atoms with Crippen LogP contribution in [-0.4, -0.2) is 12.2 Å². The van der Waals surface area contributed by atoms with Crippen molar-refractivity contribution in [3.05, 3.63) is 58.1 Å². The van der Waals surface area contributed by atoms with E-state index in [1.165, 1.54) is 11.1 Å². The zero-order valence-electron chi connectivity index (χ0n) is 14.2. The third-order valence-electron chi connectivity index (χ3n) is 3.61. The van der Waals surface area contributed by atoms with Crippen LogP contribution in [0.1, 0.15) is 31.9 Å². The van der Waals surface area contributed by atoms with Gasteiger partial charge in [-0.2, -0.15) is 0 Å². The molecule has 0 amide bonds. The lowest BCUT2D eigenvalue weighted by atomic mass is 9.87. The van der Waals surface area contributed by atoms with Crippen molar-refractivity contribution in [2.24, 2.45) is 0 Å². The van der Waals surface area contributed by atoms with Gasteiger partial charge >= 0.3 is 0 Å². The fourth-order valence-electron chi connectivity index (χ4n) is 2.25. The Labute approximate surface area is 152 Å². The third-order valence-corrected chi connectivity index (χ3v) is 4.66.